The Kier molecular flexibility index (Phi) is 4.57. The minimum absolute atomic E-state index is 0.129. The monoisotopic (exact) mass is 275 g/mol. The van der Waals surface area contributed by atoms with Crippen LogP contribution in [0.1, 0.15) is 12.7 Å². The lowest BCUT2D eigenvalue weighted by Gasteiger charge is -2.12. The van der Waals surface area contributed by atoms with Crippen LogP contribution in [0, 0.1) is 0 Å². The van der Waals surface area contributed by atoms with Crippen LogP contribution < -0.4 is 11.1 Å². The molecule has 0 bridgehead atoms. The van der Waals surface area contributed by atoms with Crippen LogP contribution in [0.2, 0.25) is 0 Å². The van der Waals surface area contributed by atoms with Crippen LogP contribution in [-0.2, 0) is 18.3 Å². The van der Waals surface area contributed by atoms with Gasteiger partial charge in [0.1, 0.15) is 12.4 Å². The van der Waals surface area contributed by atoms with Crippen molar-refractivity contribution >= 4 is 17.0 Å². The first-order valence-electron chi connectivity index (χ1n) is 6.57. The second kappa shape index (κ2) is 6.38. The normalized spacial score (nSPS) is 13.7. The second-order valence-electron chi connectivity index (χ2n) is 4.78. The molecule has 3 N–H and O–H groups in total. The highest BCUT2D eigenvalue weighted by atomic mass is 16.5. The Balaban J connectivity index is 2.06. The highest BCUT2D eigenvalue weighted by molar-refractivity contribution is 5.78. The standard InChI is InChI=1S/C14H21N5O/c1-10(9-20-3)17-14(15)16-8-13-18-11-6-4-5-7-12(11)19(13)2/h4-7,10H,8-9H2,1-3H3,(H3,15,16,17). The summed E-state index contributed by atoms with van der Waals surface area (Å²) in [6, 6.07) is 8.14. The molecule has 2 rings (SSSR count). The van der Waals surface area contributed by atoms with Gasteiger partial charge in [-0.05, 0) is 19.1 Å². The molecule has 0 amide bonds. The number of hydrogen-bond donors (Lipinski definition) is 2. The van der Waals surface area contributed by atoms with E-state index >= 15 is 0 Å². The van der Waals surface area contributed by atoms with Crippen LogP contribution in [0.5, 0.6) is 0 Å². The Morgan fingerprint density at radius 3 is 2.95 bits per heavy atom. The summed E-state index contributed by atoms with van der Waals surface area (Å²) < 4.78 is 7.07. The summed E-state index contributed by atoms with van der Waals surface area (Å²) in [6.45, 7) is 3.02. The zero-order valence-corrected chi connectivity index (χ0v) is 12.1. The maximum atomic E-state index is 5.84. The number of benzene rings is 1. The van der Waals surface area contributed by atoms with Crippen LogP contribution in [0.25, 0.3) is 11.0 Å². The van der Waals surface area contributed by atoms with Crippen molar-refractivity contribution in [3.63, 3.8) is 0 Å². The third kappa shape index (κ3) is 3.27. The van der Waals surface area contributed by atoms with E-state index < -0.39 is 0 Å². The molecule has 1 unspecified atom stereocenters. The van der Waals surface area contributed by atoms with Crippen molar-refractivity contribution in [2.45, 2.75) is 19.5 Å². The number of methoxy groups -OCH3 is 1. The predicted molar refractivity (Wildman–Crippen MR) is 80.5 cm³/mol. The van der Waals surface area contributed by atoms with Gasteiger partial charge in [-0.25, -0.2) is 9.98 Å². The van der Waals surface area contributed by atoms with Gasteiger partial charge >= 0.3 is 0 Å². The van der Waals surface area contributed by atoms with E-state index in [1.54, 1.807) is 7.11 Å². The Hall–Kier alpha value is -2.08. The average Bonchev–Trinajstić information content (AvgIpc) is 2.74. The summed E-state index contributed by atoms with van der Waals surface area (Å²) in [7, 11) is 3.64. The first-order chi connectivity index (χ1) is 9.61. The molecule has 0 fully saturated rings. The molecule has 1 heterocycles. The van der Waals surface area contributed by atoms with Gasteiger partial charge < -0.3 is 20.4 Å². The van der Waals surface area contributed by atoms with Crippen molar-refractivity contribution in [2.75, 3.05) is 13.7 Å². The topological polar surface area (TPSA) is 77.5 Å². The van der Waals surface area contributed by atoms with Crippen LogP contribution in [0.4, 0.5) is 0 Å². The first-order valence-corrected chi connectivity index (χ1v) is 6.57. The zero-order chi connectivity index (χ0) is 14.5. The fraction of sp³-hybridized carbons (Fsp3) is 0.429. The molecule has 0 aliphatic heterocycles. The number of guanidine groups is 1. The van der Waals surface area contributed by atoms with Crippen molar-refractivity contribution < 1.29 is 4.74 Å². The number of hydrogen-bond acceptors (Lipinski definition) is 3. The van der Waals surface area contributed by atoms with Gasteiger partial charge in [0.15, 0.2) is 5.96 Å². The summed E-state index contributed by atoms with van der Waals surface area (Å²) >= 11 is 0. The van der Waals surface area contributed by atoms with Gasteiger partial charge in [-0.1, -0.05) is 12.1 Å². The number of nitrogens with one attached hydrogen (secondary N) is 1. The number of ether oxygens (including phenoxy) is 1. The Morgan fingerprint density at radius 2 is 2.25 bits per heavy atom. The third-order valence-electron chi connectivity index (χ3n) is 3.08. The molecule has 1 aromatic heterocycles. The van der Waals surface area contributed by atoms with Crippen molar-refractivity contribution in [1.82, 2.24) is 14.9 Å². The number of rotatable bonds is 5. The van der Waals surface area contributed by atoms with E-state index in [0.29, 0.717) is 19.1 Å². The molecular weight excluding hydrogens is 254 g/mol. The van der Waals surface area contributed by atoms with Gasteiger partial charge in [0.2, 0.25) is 0 Å². The van der Waals surface area contributed by atoms with Crippen molar-refractivity contribution in [3.05, 3.63) is 30.1 Å². The molecule has 108 valence electrons. The molecule has 2 aromatic rings. The lowest BCUT2D eigenvalue weighted by atomic mass is 10.3. The number of aromatic nitrogens is 2. The molecule has 1 aromatic carbocycles. The summed E-state index contributed by atoms with van der Waals surface area (Å²) in [5, 5.41) is 3.07. The molecule has 0 radical (unpaired) electrons. The van der Waals surface area contributed by atoms with Crippen LogP contribution >= 0.6 is 0 Å². The molecule has 6 nitrogen and oxygen atoms in total. The lowest BCUT2D eigenvalue weighted by Crippen LogP contribution is -2.40. The predicted octanol–water partition coefficient (Wildman–Crippen LogP) is 1.01. The van der Waals surface area contributed by atoms with Gasteiger partial charge in [0.05, 0.1) is 17.6 Å². The van der Waals surface area contributed by atoms with E-state index in [9.17, 15) is 0 Å². The van der Waals surface area contributed by atoms with Crippen molar-refractivity contribution in [1.29, 1.82) is 0 Å². The van der Waals surface area contributed by atoms with E-state index in [0.717, 1.165) is 16.9 Å². The minimum Gasteiger partial charge on any atom is -0.383 e. The summed E-state index contributed by atoms with van der Waals surface area (Å²) in [5.41, 5.74) is 7.91. The SMILES string of the molecule is COCC(C)NC(N)=NCc1nc2ccccc2n1C. The fourth-order valence-corrected chi connectivity index (χ4v) is 2.08. The van der Waals surface area contributed by atoms with Crippen LogP contribution in [0.15, 0.2) is 29.3 Å². The number of fused-ring (bicyclic) bond motifs is 1. The van der Waals surface area contributed by atoms with E-state index in [4.69, 9.17) is 10.5 Å². The van der Waals surface area contributed by atoms with Gasteiger partial charge in [0.25, 0.3) is 0 Å². The molecule has 0 aliphatic rings. The fourth-order valence-electron chi connectivity index (χ4n) is 2.08. The molecule has 0 spiro atoms. The number of imidazole rings is 1. The van der Waals surface area contributed by atoms with Gasteiger partial charge in [0, 0.05) is 20.2 Å². The Morgan fingerprint density at radius 1 is 1.50 bits per heavy atom. The first kappa shape index (κ1) is 14.3. The second-order valence-corrected chi connectivity index (χ2v) is 4.78. The van der Waals surface area contributed by atoms with Gasteiger partial charge in [-0.2, -0.15) is 0 Å². The molecule has 6 heteroatoms. The highest BCUT2D eigenvalue weighted by Gasteiger charge is 2.07. The molecule has 1 atom stereocenters. The quantitative estimate of drug-likeness (QED) is 0.630. The number of nitrogens with zero attached hydrogens (tertiary/aromatic N) is 3. The van der Waals surface area contributed by atoms with Crippen molar-refractivity contribution in [2.24, 2.45) is 17.8 Å². The number of para-hydroxylation sites is 2. The number of aliphatic imine (C=N–C) groups is 1. The van der Waals surface area contributed by atoms with Crippen LogP contribution in [0.3, 0.4) is 0 Å². The molecule has 0 aliphatic carbocycles. The number of aryl methyl sites for hydroxylation is 1. The smallest absolute Gasteiger partial charge is 0.189 e. The molecular formula is C14H21N5O. The summed E-state index contributed by atoms with van der Waals surface area (Å²) in [5.74, 6) is 1.29. The highest BCUT2D eigenvalue weighted by Crippen LogP contribution is 2.14. The van der Waals surface area contributed by atoms with E-state index in [1.165, 1.54) is 0 Å². The van der Waals surface area contributed by atoms with Gasteiger partial charge in [-0.15, -0.1) is 0 Å². The third-order valence-corrected chi connectivity index (χ3v) is 3.08. The largest absolute Gasteiger partial charge is 0.383 e. The molecule has 0 saturated carbocycles. The zero-order valence-electron chi connectivity index (χ0n) is 12.1. The van der Waals surface area contributed by atoms with Crippen LogP contribution in [-0.4, -0.2) is 35.3 Å². The molecule has 20 heavy (non-hydrogen) atoms. The maximum Gasteiger partial charge on any atom is 0.189 e. The van der Waals surface area contributed by atoms with Gasteiger partial charge in [-0.3, -0.25) is 0 Å². The average molecular weight is 275 g/mol. The summed E-state index contributed by atoms with van der Waals surface area (Å²) in [4.78, 5) is 8.86. The Labute approximate surface area is 118 Å². The van der Waals surface area contributed by atoms with E-state index in [2.05, 4.69) is 15.3 Å². The molecule has 0 saturated heterocycles. The number of nitrogens with two attached hydrogens (primary N) is 1. The maximum absolute atomic E-state index is 5.84. The van der Waals surface area contributed by atoms with E-state index in [1.807, 2.05) is 42.8 Å². The summed E-state index contributed by atoms with van der Waals surface area (Å²) in [6.07, 6.45) is 0. The Bertz CT molecular complexity index is 605. The van der Waals surface area contributed by atoms with Crippen molar-refractivity contribution in [3.8, 4) is 0 Å². The lowest BCUT2D eigenvalue weighted by molar-refractivity contribution is 0.179. The van der Waals surface area contributed by atoms with E-state index in [-0.39, 0.29) is 6.04 Å². The minimum atomic E-state index is 0.129.